The number of hydrogen-bond donors (Lipinski definition) is 0. The smallest absolute Gasteiger partial charge is 0.345 e. The zero-order chi connectivity index (χ0) is 20.8. The molecule has 30 heavy (non-hydrogen) atoms. The molecule has 0 N–H and O–H groups in total. The molecular formula is C23H20ClN3O3. The van der Waals surface area contributed by atoms with Crippen molar-refractivity contribution >= 4 is 45.1 Å². The van der Waals surface area contributed by atoms with Crippen molar-refractivity contribution in [1.82, 2.24) is 9.47 Å². The fourth-order valence-corrected chi connectivity index (χ4v) is 4.30. The average molecular weight is 422 g/mol. The molecule has 1 amide bonds. The lowest BCUT2D eigenvalue weighted by Gasteiger charge is -2.36. The van der Waals surface area contributed by atoms with Crippen LogP contribution in [-0.4, -0.2) is 41.6 Å². The van der Waals surface area contributed by atoms with Gasteiger partial charge in [0.1, 0.15) is 11.3 Å². The van der Waals surface area contributed by atoms with Crippen LogP contribution in [-0.2, 0) is 7.05 Å². The minimum absolute atomic E-state index is 0.0760. The van der Waals surface area contributed by atoms with Crippen LogP contribution in [0.25, 0.3) is 21.9 Å². The zero-order valence-corrected chi connectivity index (χ0v) is 17.2. The van der Waals surface area contributed by atoms with E-state index in [4.69, 9.17) is 16.0 Å². The third-order valence-electron chi connectivity index (χ3n) is 5.78. The van der Waals surface area contributed by atoms with E-state index in [-0.39, 0.29) is 5.91 Å². The van der Waals surface area contributed by atoms with E-state index < -0.39 is 5.63 Å². The highest BCUT2D eigenvalue weighted by Gasteiger charge is 2.26. The van der Waals surface area contributed by atoms with E-state index >= 15 is 0 Å². The summed E-state index contributed by atoms with van der Waals surface area (Å²) in [6.07, 6.45) is 0. The number of anilines is 1. The molecule has 1 aliphatic rings. The van der Waals surface area contributed by atoms with Gasteiger partial charge in [-0.3, -0.25) is 4.79 Å². The van der Waals surface area contributed by atoms with Crippen molar-refractivity contribution in [3.8, 4) is 0 Å². The monoisotopic (exact) mass is 421 g/mol. The Bertz CT molecular complexity index is 1320. The summed E-state index contributed by atoms with van der Waals surface area (Å²) in [6, 6.07) is 16.8. The van der Waals surface area contributed by atoms with Crippen LogP contribution in [0.1, 0.15) is 10.5 Å². The summed E-state index contributed by atoms with van der Waals surface area (Å²) in [5.74, 6) is -0.0760. The maximum absolute atomic E-state index is 13.3. The minimum Gasteiger partial charge on any atom is -0.422 e. The van der Waals surface area contributed by atoms with E-state index in [0.717, 1.165) is 29.7 Å². The van der Waals surface area contributed by atoms with E-state index in [0.29, 0.717) is 34.8 Å². The molecule has 1 saturated heterocycles. The molecule has 5 rings (SSSR count). The van der Waals surface area contributed by atoms with Gasteiger partial charge in [-0.15, -0.1) is 0 Å². The number of halogens is 1. The second-order valence-electron chi connectivity index (χ2n) is 7.49. The van der Waals surface area contributed by atoms with E-state index in [9.17, 15) is 9.59 Å². The molecule has 7 heteroatoms. The maximum atomic E-state index is 13.3. The number of fused-ring (bicyclic) bond motifs is 3. The third-order valence-corrected chi connectivity index (χ3v) is 6.03. The number of amides is 1. The predicted molar refractivity (Wildman–Crippen MR) is 119 cm³/mol. The van der Waals surface area contributed by atoms with Gasteiger partial charge in [0.2, 0.25) is 0 Å². The first-order valence-corrected chi connectivity index (χ1v) is 10.2. The number of benzene rings is 2. The van der Waals surface area contributed by atoms with Crippen LogP contribution >= 0.6 is 11.6 Å². The SMILES string of the molecule is Cn1c(C(=O)N2CCN(c3ccc(Cl)cc3)CC2)cc2c(=O)oc3ccccc3c21. The second kappa shape index (κ2) is 7.22. The summed E-state index contributed by atoms with van der Waals surface area (Å²) in [5, 5.41) is 1.96. The van der Waals surface area contributed by atoms with Crippen molar-refractivity contribution in [1.29, 1.82) is 0 Å². The normalized spacial score (nSPS) is 14.6. The highest BCUT2D eigenvalue weighted by Crippen LogP contribution is 2.26. The van der Waals surface area contributed by atoms with Crippen molar-refractivity contribution in [3.63, 3.8) is 0 Å². The molecule has 4 aromatic rings. The molecule has 1 aliphatic heterocycles. The number of aryl methyl sites for hydroxylation is 1. The van der Waals surface area contributed by atoms with Crippen LogP contribution in [0, 0.1) is 0 Å². The van der Waals surface area contributed by atoms with Gasteiger partial charge >= 0.3 is 5.63 Å². The summed E-state index contributed by atoms with van der Waals surface area (Å²) in [4.78, 5) is 29.8. The van der Waals surface area contributed by atoms with Crippen molar-refractivity contribution in [2.45, 2.75) is 0 Å². The molecule has 0 atom stereocenters. The van der Waals surface area contributed by atoms with E-state index in [1.54, 1.807) is 12.1 Å². The molecular weight excluding hydrogens is 402 g/mol. The van der Waals surface area contributed by atoms with Crippen molar-refractivity contribution < 1.29 is 9.21 Å². The number of hydrogen-bond acceptors (Lipinski definition) is 4. The van der Waals surface area contributed by atoms with Crippen LogP contribution in [0.4, 0.5) is 5.69 Å². The van der Waals surface area contributed by atoms with Gasteiger partial charge in [0, 0.05) is 49.3 Å². The Balaban J connectivity index is 1.44. The quantitative estimate of drug-likeness (QED) is 0.460. The number of piperazine rings is 1. The van der Waals surface area contributed by atoms with Gasteiger partial charge in [-0.25, -0.2) is 4.79 Å². The standard InChI is InChI=1S/C23H20ClN3O3/c1-25-19(14-18-21(25)17-4-2-3-5-20(17)30-23(18)29)22(28)27-12-10-26(11-13-27)16-8-6-15(24)7-9-16/h2-9,14H,10-13H2,1H3. The zero-order valence-electron chi connectivity index (χ0n) is 16.5. The first-order chi connectivity index (χ1) is 14.5. The Hall–Kier alpha value is -3.25. The van der Waals surface area contributed by atoms with Crippen LogP contribution in [0.2, 0.25) is 5.02 Å². The Morgan fingerprint density at radius 1 is 0.967 bits per heavy atom. The lowest BCUT2D eigenvalue weighted by Crippen LogP contribution is -2.49. The second-order valence-corrected chi connectivity index (χ2v) is 7.93. The number of para-hydroxylation sites is 1. The number of carbonyl (C=O) groups is 1. The highest BCUT2D eigenvalue weighted by atomic mass is 35.5. The molecule has 152 valence electrons. The summed E-state index contributed by atoms with van der Waals surface area (Å²) in [6.45, 7) is 2.70. The molecule has 0 unspecified atom stereocenters. The van der Waals surface area contributed by atoms with Gasteiger partial charge in [0.25, 0.3) is 5.91 Å². The maximum Gasteiger partial charge on any atom is 0.345 e. The van der Waals surface area contributed by atoms with Crippen molar-refractivity contribution in [2.24, 2.45) is 7.05 Å². The van der Waals surface area contributed by atoms with Crippen molar-refractivity contribution in [3.05, 3.63) is 75.7 Å². The Morgan fingerprint density at radius 2 is 1.67 bits per heavy atom. The van der Waals surface area contributed by atoms with E-state index in [2.05, 4.69) is 4.90 Å². The molecule has 3 heterocycles. The third kappa shape index (κ3) is 3.04. The fourth-order valence-electron chi connectivity index (χ4n) is 4.18. The number of aromatic nitrogens is 1. The molecule has 2 aromatic heterocycles. The summed E-state index contributed by atoms with van der Waals surface area (Å²) < 4.78 is 7.24. The van der Waals surface area contributed by atoms with Crippen LogP contribution in [0.3, 0.4) is 0 Å². The number of nitrogens with zero attached hydrogens (tertiary/aromatic N) is 3. The molecule has 0 aliphatic carbocycles. The summed E-state index contributed by atoms with van der Waals surface area (Å²) in [7, 11) is 1.82. The molecule has 1 fully saturated rings. The van der Waals surface area contributed by atoms with Gasteiger partial charge in [-0.2, -0.15) is 0 Å². The average Bonchev–Trinajstić information content (AvgIpc) is 3.12. The van der Waals surface area contributed by atoms with Gasteiger partial charge in [-0.05, 0) is 42.5 Å². The summed E-state index contributed by atoms with van der Waals surface area (Å²) in [5.41, 5.74) is 2.41. The predicted octanol–water partition coefficient (Wildman–Crippen LogP) is 3.90. The fraction of sp³-hybridized carbons (Fsp3) is 0.217. The molecule has 0 saturated carbocycles. The lowest BCUT2D eigenvalue weighted by molar-refractivity contribution is 0.0737. The largest absolute Gasteiger partial charge is 0.422 e. The van der Waals surface area contributed by atoms with Gasteiger partial charge in [0.15, 0.2) is 0 Å². The molecule has 0 bridgehead atoms. The Morgan fingerprint density at radius 3 is 2.40 bits per heavy atom. The minimum atomic E-state index is -0.425. The van der Waals surface area contributed by atoms with E-state index in [1.807, 2.05) is 59.0 Å². The molecule has 0 radical (unpaired) electrons. The number of carbonyl (C=O) groups excluding carboxylic acids is 1. The topological polar surface area (TPSA) is 58.7 Å². The van der Waals surface area contributed by atoms with Crippen molar-refractivity contribution in [2.75, 3.05) is 31.1 Å². The molecule has 0 spiro atoms. The van der Waals surface area contributed by atoms with Crippen LogP contribution < -0.4 is 10.5 Å². The lowest BCUT2D eigenvalue weighted by atomic mass is 10.2. The summed E-state index contributed by atoms with van der Waals surface area (Å²) >= 11 is 5.98. The first kappa shape index (κ1) is 18.8. The van der Waals surface area contributed by atoms with Gasteiger partial charge < -0.3 is 18.8 Å². The molecule has 6 nitrogen and oxygen atoms in total. The number of rotatable bonds is 2. The van der Waals surface area contributed by atoms with Gasteiger partial charge in [0.05, 0.1) is 10.9 Å². The van der Waals surface area contributed by atoms with Crippen LogP contribution in [0.5, 0.6) is 0 Å². The van der Waals surface area contributed by atoms with Gasteiger partial charge in [-0.1, -0.05) is 23.7 Å². The first-order valence-electron chi connectivity index (χ1n) is 9.84. The molecule has 2 aromatic carbocycles. The highest BCUT2D eigenvalue weighted by molar-refractivity contribution is 6.30. The Kier molecular flexibility index (Phi) is 4.51. The van der Waals surface area contributed by atoms with E-state index in [1.165, 1.54) is 0 Å². The Labute approximate surface area is 177 Å². The van der Waals surface area contributed by atoms with Crippen LogP contribution in [0.15, 0.2) is 63.8 Å².